The van der Waals surface area contributed by atoms with Crippen molar-refractivity contribution in [3.8, 4) is 44.5 Å². The van der Waals surface area contributed by atoms with Gasteiger partial charge in [-0.2, -0.15) is 12.1 Å². The Morgan fingerprint density at radius 2 is 0.796 bits per heavy atom. The standard InChI is InChI=1S/2C24H21.C2H6Si.2ClH.Zr/c2*1-3-18-15-20-14-13-17(2)24(23(20)16-18)22-12-8-7-11-21(22)19-9-5-4-6-10-19;1-3-2;;;/h2*4-16H,3H2,1-2H3;1-2H3;2*1H;/q2*-1;;;;+4/p-2. The van der Waals surface area contributed by atoms with Gasteiger partial charge in [-0.25, -0.2) is 0 Å². The fraction of sp³-hybridized carbons (Fsp3) is 0.160. The summed E-state index contributed by atoms with van der Waals surface area (Å²) in [5.74, 6) is 0. The Kier molecular flexibility index (Phi) is 15.9. The number of aryl methyl sites for hydroxylation is 4. The van der Waals surface area contributed by atoms with E-state index in [4.69, 9.17) is 17.0 Å². The topological polar surface area (TPSA) is 0 Å². The van der Waals surface area contributed by atoms with Crippen molar-refractivity contribution in [3.63, 3.8) is 0 Å². The predicted octanol–water partition coefficient (Wildman–Crippen LogP) is 15.7. The van der Waals surface area contributed by atoms with E-state index in [0.29, 0.717) is 0 Å². The molecule has 0 N–H and O–H groups in total. The maximum atomic E-state index is 4.93. The Hall–Kier alpha value is -3.78. The molecule has 0 amide bonds. The Labute approximate surface area is 344 Å². The van der Waals surface area contributed by atoms with Gasteiger partial charge >= 0.3 is 37.9 Å². The van der Waals surface area contributed by atoms with Gasteiger partial charge < -0.3 is 0 Å². The zero-order chi connectivity index (χ0) is 38.5. The van der Waals surface area contributed by atoms with E-state index in [2.05, 4.69) is 199 Å². The van der Waals surface area contributed by atoms with Gasteiger partial charge in [-0.15, -0.1) is 69.1 Å². The van der Waals surface area contributed by atoms with Gasteiger partial charge in [0.15, 0.2) is 0 Å². The molecule has 0 saturated carbocycles. The van der Waals surface area contributed by atoms with Crippen LogP contribution in [0.15, 0.2) is 158 Å². The average Bonchev–Trinajstić information content (AvgIpc) is 3.84. The summed E-state index contributed by atoms with van der Waals surface area (Å²) >= 11 is -0.826. The Balaban J connectivity index is 0.000000182. The predicted molar refractivity (Wildman–Crippen MR) is 238 cm³/mol. The van der Waals surface area contributed by atoms with Crippen molar-refractivity contribution in [2.75, 3.05) is 0 Å². The molecule has 0 aliphatic rings. The summed E-state index contributed by atoms with van der Waals surface area (Å²) in [6, 6.07) is 57.2. The molecule has 0 unspecified atom stereocenters. The SMILES string of the molecule is CCc1cc2c(-c3ccccc3-c3ccccc3)c(C)ccc2[cH-]1.CCc1cc2c(-c3ccccc3-c3ccccc3)c(C)ccc2[cH-]1.C[Si]C.[Cl][Zr+2][Cl]. The quantitative estimate of drug-likeness (QED) is 0.116. The van der Waals surface area contributed by atoms with Crippen LogP contribution in [0.1, 0.15) is 36.1 Å². The van der Waals surface area contributed by atoms with Gasteiger partial charge in [0, 0.05) is 9.52 Å². The van der Waals surface area contributed by atoms with E-state index >= 15 is 0 Å². The minimum absolute atomic E-state index is 0.826. The van der Waals surface area contributed by atoms with E-state index in [1.165, 1.54) is 88.3 Å². The first-order chi connectivity index (χ1) is 26.4. The molecule has 0 bridgehead atoms. The van der Waals surface area contributed by atoms with Crippen molar-refractivity contribution in [2.24, 2.45) is 0 Å². The molecule has 8 aromatic carbocycles. The molecular formula is C50H48Cl2SiZr. The van der Waals surface area contributed by atoms with Gasteiger partial charge in [-0.1, -0.05) is 158 Å². The number of benzene rings is 6. The van der Waals surface area contributed by atoms with Gasteiger partial charge in [-0.3, -0.25) is 0 Å². The molecule has 2 radical (unpaired) electrons. The van der Waals surface area contributed by atoms with Gasteiger partial charge in [0.2, 0.25) is 0 Å². The number of fused-ring (bicyclic) bond motifs is 2. The minimum atomic E-state index is -0.826. The number of halogens is 2. The van der Waals surface area contributed by atoms with Gasteiger partial charge in [0.25, 0.3) is 0 Å². The van der Waals surface area contributed by atoms with Crippen molar-refractivity contribution in [1.82, 2.24) is 0 Å². The Morgan fingerprint density at radius 1 is 0.481 bits per heavy atom. The zero-order valence-electron chi connectivity index (χ0n) is 32.2. The number of hydrogen-bond acceptors (Lipinski definition) is 0. The van der Waals surface area contributed by atoms with E-state index in [1.807, 2.05) is 0 Å². The van der Waals surface area contributed by atoms with E-state index in [-0.39, 0.29) is 0 Å². The van der Waals surface area contributed by atoms with Crippen molar-refractivity contribution in [1.29, 1.82) is 0 Å². The molecule has 54 heavy (non-hydrogen) atoms. The van der Waals surface area contributed by atoms with Crippen molar-refractivity contribution in [3.05, 3.63) is 180 Å². The normalized spacial score (nSPS) is 10.4. The molecule has 0 nitrogen and oxygen atoms in total. The summed E-state index contributed by atoms with van der Waals surface area (Å²) in [7, 11) is 11.0. The van der Waals surface area contributed by atoms with Crippen LogP contribution in [0.25, 0.3) is 66.1 Å². The monoisotopic (exact) mass is 836 g/mol. The summed E-state index contributed by atoms with van der Waals surface area (Å²) in [5.41, 5.74) is 16.0. The second-order valence-corrected chi connectivity index (χ2v) is 18.1. The Bertz CT molecular complexity index is 2200. The molecule has 0 atom stereocenters. The molecule has 0 fully saturated rings. The van der Waals surface area contributed by atoms with Crippen LogP contribution in [0, 0.1) is 13.8 Å². The third kappa shape index (κ3) is 9.90. The Morgan fingerprint density at radius 3 is 1.13 bits per heavy atom. The van der Waals surface area contributed by atoms with Crippen LogP contribution in [-0.2, 0) is 33.7 Å². The van der Waals surface area contributed by atoms with Crippen molar-refractivity contribution in [2.45, 2.75) is 53.6 Å². The van der Waals surface area contributed by atoms with E-state index in [1.54, 1.807) is 0 Å². The van der Waals surface area contributed by atoms with Crippen molar-refractivity contribution >= 4 is 48.1 Å². The van der Waals surface area contributed by atoms with Crippen molar-refractivity contribution < 1.29 is 20.8 Å². The zero-order valence-corrected chi connectivity index (χ0v) is 37.2. The summed E-state index contributed by atoms with van der Waals surface area (Å²) in [5, 5.41) is 5.43. The molecule has 8 rings (SSSR count). The van der Waals surface area contributed by atoms with E-state index in [0.717, 1.165) is 22.4 Å². The van der Waals surface area contributed by atoms with Crippen LogP contribution in [-0.4, -0.2) is 9.52 Å². The molecule has 4 heteroatoms. The van der Waals surface area contributed by atoms with Gasteiger partial charge in [0.1, 0.15) is 0 Å². The third-order valence-electron chi connectivity index (χ3n) is 9.70. The second kappa shape index (κ2) is 20.8. The molecule has 0 spiro atoms. The molecule has 0 heterocycles. The molecule has 8 aromatic rings. The molecule has 0 saturated heterocycles. The van der Waals surface area contributed by atoms with Crippen LogP contribution in [0.3, 0.4) is 0 Å². The third-order valence-corrected chi connectivity index (χ3v) is 9.70. The van der Waals surface area contributed by atoms with E-state index in [9.17, 15) is 0 Å². The molecule has 0 aliphatic heterocycles. The summed E-state index contributed by atoms with van der Waals surface area (Å²) < 4.78 is 0. The summed E-state index contributed by atoms with van der Waals surface area (Å²) in [4.78, 5) is 0. The fourth-order valence-electron chi connectivity index (χ4n) is 7.17. The first-order valence-corrected chi connectivity index (χ1v) is 26.9. The van der Waals surface area contributed by atoms with Crippen LogP contribution >= 0.6 is 17.0 Å². The fourth-order valence-corrected chi connectivity index (χ4v) is 7.17. The summed E-state index contributed by atoms with van der Waals surface area (Å²) in [6.45, 7) is 13.2. The van der Waals surface area contributed by atoms with Crippen LogP contribution < -0.4 is 0 Å². The average molecular weight is 839 g/mol. The first kappa shape index (κ1) is 41.4. The van der Waals surface area contributed by atoms with Gasteiger partial charge in [0.05, 0.1) is 0 Å². The van der Waals surface area contributed by atoms with Gasteiger partial charge in [-0.05, 0) is 60.1 Å². The maximum absolute atomic E-state index is 4.93. The van der Waals surface area contributed by atoms with E-state index < -0.39 is 20.8 Å². The van der Waals surface area contributed by atoms with Crippen LogP contribution in [0.4, 0.5) is 0 Å². The molecule has 0 aliphatic carbocycles. The molecular weight excluding hydrogens is 791 g/mol. The van der Waals surface area contributed by atoms with Crippen LogP contribution in [0.5, 0.6) is 0 Å². The first-order valence-electron chi connectivity index (χ1n) is 18.6. The summed E-state index contributed by atoms with van der Waals surface area (Å²) in [6.07, 6.45) is 2.15. The molecule has 270 valence electrons. The number of hydrogen-bond donors (Lipinski definition) is 0. The van der Waals surface area contributed by atoms with Crippen LogP contribution in [0.2, 0.25) is 13.1 Å². The molecule has 0 aromatic heterocycles. The second-order valence-electron chi connectivity index (χ2n) is 13.3. The number of rotatable bonds is 6.